The molecule has 2 amide bonds. The molecule has 0 aromatic heterocycles. The third kappa shape index (κ3) is 3.68. The van der Waals surface area contributed by atoms with Crippen LogP contribution in [0.4, 0.5) is 9.18 Å². The van der Waals surface area contributed by atoms with Crippen molar-refractivity contribution in [3.05, 3.63) is 32.6 Å². The van der Waals surface area contributed by atoms with Crippen LogP contribution in [0.3, 0.4) is 0 Å². The first kappa shape index (κ1) is 19.4. The van der Waals surface area contributed by atoms with Crippen molar-refractivity contribution < 1.29 is 18.7 Å². The van der Waals surface area contributed by atoms with E-state index in [-0.39, 0.29) is 29.9 Å². The van der Waals surface area contributed by atoms with Gasteiger partial charge in [-0.15, -0.1) is 0 Å². The van der Waals surface area contributed by atoms with Gasteiger partial charge in [0.1, 0.15) is 11.4 Å². The van der Waals surface area contributed by atoms with E-state index in [2.05, 4.69) is 0 Å². The fraction of sp³-hybridized carbons (Fsp3) is 0.579. The summed E-state index contributed by atoms with van der Waals surface area (Å²) in [5, 5.41) is 0. The molecule has 26 heavy (non-hydrogen) atoms. The van der Waals surface area contributed by atoms with Gasteiger partial charge in [-0.25, -0.2) is 9.18 Å². The number of ether oxygens (including phenoxy) is 1. The summed E-state index contributed by atoms with van der Waals surface area (Å²) in [5.74, 6) is -0.345. The lowest BCUT2D eigenvalue weighted by atomic mass is 10.0. The summed E-state index contributed by atoms with van der Waals surface area (Å²) in [6.45, 7) is 8.59. The number of hydrogen-bond acceptors (Lipinski definition) is 3. The molecule has 1 atom stereocenters. The lowest BCUT2D eigenvalue weighted by molar-refractivity contribution is 0.0132. The zero-order valence-corrected chi connectivity index (χ0v) is 17.7. The lowest BCUT2D eigenvalue weighted by Gasteiger charge is -2.39. The summed E-state index contributed by atoms with van der Waals surface area (Å²) in [7, 11) is 0. The highest BCUT2D eigenvalue weighted by atomic mass is 127. The van der Waals surface area contributed by atoms with Crippen molar-refractivity contribution in [2.24, 2.45) is 0 Å². The largest absolute Gasteiger partial charge is 0.444 e. The fourth-order valence-corrected chi connectivity index (χ4v) is 4.58. The van der Waals surface area contributed by atoms with Crippen molar-refractivity contribution in [2.45, 2.75) is 58.2 Å². The van der Waals surface area contributed by atoms with E-state index in [1.165, 1.54) is 12.1 Å². The summed E-state index contributed by atoms with van der Waals surface area (Å²) in [6, 6.07) is 2.76. The SMILES string of the molecule is CC1c2cc(F)cc(I)c2C(=O)N1C1CCN(C(=O)OC(C)(C)C)CC1. The molecule has 1 saturated heterocycles. The number of nitrogens with zero attached hydrogens (tertiary/aromatic N) is 2. The average molecular weight is 474 g/mol. The smallest absolute Gasteiger partial charge is 0.410 e. The molecule has 0 aliphatic carbocycles. The number of piperidine rings is 1. The standard InChI is InChI=1S/C19H24FIN2O3/c1-11-14-9-12(20)10-15(21)16(14)17(24)23(11)13-5-7-22(8-6-13)18(25)26-19(2,3)4/h9-11,13H,5-8H2,1-4H3. The number of likely N-dealkylation sites (tertiary alicyclic amines) is 1. The Balaban J connectivity index is 1.70. The summed E-state index contributed by atoms with van der Waals surface area (Å²) in [4.78, 5) is 28.7. The maximum absolute atomic E-state index is 13.8. The summed E-state index contributed by atoms with van der Waals surface area (Å²) < 4.78 is 19.9. The van der Waals surface area contributed by atoms with Crippen LogP contribution in [-0.2, 0) is 4.74 Å². The van der Waals surface area contributed by atoms with Crippen molar-refractivity contribution in [3.63, 3.8) is 0 Å². The predicted molar refractivity (Wildman–Crippen MR) is 105 cm³/mol. The van der Waals surface area contributed by atoms with Crippen LogP contribution < -0.4 is 0 Å². The van der Waals surface area contributed by atoms with E-state index < -0.39 is 5.60 Å². The van der Waals surface area contributed by atoms with Crippen LogP contribution in [-0.4, -0.2) is 46.5 Å². The lowest BCUT2D eigenvalue weighted by Crippen LogP contribution is -2.48. The molecule has 0 spiro atoms. The molecule has 0 saturated carbocycles. The molecule has 1 aromatic rings. The van der Waals surface area contributed by atoms with Gasteiger partial charge in [0.15, 0.2) is 0 Å². The first-order valence-electron chi connectivity index (χ1n) is 8.88. The molecule has 5 nitrogen and oxygen atoms in total. The van der Waals surface area contributed by atoms with Gasteiger partial charge in [0.2, 0.25) is 0 Å². The first-order valence-corrected chi connectivity index (χ1v) is 9.96. The van der Waals surface area contributed by atoms with Gasteiger partial charge >= 0.3 is 6.09 Å². The quantitative estimate of drug-likeness (QED) is 0.569. The first-order chi connectivity index (χ1) is 12.1. The number of carbonyl (C=O) groups excluding carboxylic acids is 2. The number of rotatable bonds is 1. The van der Waals surface area contributed by atoms with Gasteiger partial charge in [-0.1, -0.05) is 0 Å². The van der Waals surface area contributed by atoms with Crippen LogP contribution in [0.5, 0.6) is 0 Å². The molecule has 3 rings (SSSR count). The van der Waals surface area contributed by atoms with Crippen LogP contribution in [0.1, 0.15) is 62.5 Å². The molecular formula is C19H24FIN2O3. The van der Waals surface area contributed by atoms with Crippen molar-refractivity contribution in [2.75, 3.05) is 13.1 Å². The van der Waals surface area contributed by atoms with Crippen molar-refractivity contribution in [1.82, 2.24) is 9.80 Å². The van der Waals surface area contributed by atoms with Gasteiger partial charge < -0.3 is 14.5 Å². The topological polar surface area (TPSA) is 49.9 Å². The van der Waals surface area contributed by atoms with E-state index in [9.17, 15) is 14.0 Å². The second kappa shape index (κ2) is 6.98. The Kier molecular flexibility index (Phi) is 5.20. The van der Waals surface area contributed by atoms with E-state index in [1.807, 2.05) is 55.2 Å². The second-order valence-electron chi connectivity index (χ2n) is 7.94. The normalized spacial score (nSPS) is 21.2. The molecular weight excluding hydrogens is 450 g/mol. The van der Waals surface area contributed by atoms with Gasteiger partial charge in [-0.2, -0.15) is 0 Å². The highest BCUT2D eigenvalue weighted by Gasteiger charge is 2.41. The van der Waals surface area contributed by atoms with Crippen molar-refractivity contribution >= 4 is 34.6 Å². The zero-order valence-electron chi connectivity index (χ0n) is 15.5. The maximum atomic E-state index is 13.8. The Labute approximate surface area is 167 Å². The Hall–Kier alpha value is -1.38. The van der Waals surface area contributed by atoms with E-state index in [0.29, 0.717) is 35.1 Å². The Morgan fingerprint density at radius 2 is 1.88 bits per heavy atom. The molecule has 7 heteroatoms. The van der Waals surface area contributed by atoms with E-state index in [1.54, 1.807) is 4.90 Å². The molecule has 1 fully saturated rings. The minimum atomic E-state index is -0.518. The minimum Gasteiger partial charge on any atom is -0.444 e. The predicted octanol–water partition coefficient (Wildman–Crippen LogP) is 4.35. The highest BCUT2D eigenvalue weighted by Crippen LogP contribution is 2.39. The Bertz CT molecular complexity index is 739. The molecule has 1 unspecified atom stereocenters. The van der Waals surface area contributed by atoms with Crippen LogP contribution in [0.15, 0.2) is 12.1 Å². The van der Waals surface area contributed by atoms with Crippen LogP contribution >= 0.6 is 22.6 Å². The monoisotopic (exact) mass is 474 g/mol. The molecule has 0 radical (unpaired) electrons. The number of carbonyl (C=O) groups is 2. The molecule has 0 bridgehead atoms. The summed E-state index contributed by atoms with van der Waals surface area (Å²) >= 11 is 2.03. The third-order valence-electron chi connectivity index (χ3n) is 4.91. The molecule has 2 aliphatic rings. The number of amides is 2. The molecule has 2 heterocycles. The average Bonchev–Trinajstić information content (AvgIpc) is 2.77. The Morgan fingerprint density at radius 3 is 2.46 bits per heavy atom. The van der Waals surface area contributed by atoms with Gasteiger partial charge in [0.05, 0.1) is 11.6 Å². The van der Waals surface area contributed by atoms with Crippen LogP contribution in [0.25, 0.3) is 0 Å². The van der Waals surface area contributed by atoms with Crippen molar-refractivity contribution in [1.29, 1.82) is 0 Å². The fourth-order valence-electron chi connectivity index (χ4n) is 3.74. The Morgan fingerprint density at radius 1 is 1.27 bits per heavy atom. The zero-order chi connectivity index (χ0) is 19.2. The van der Waals surface area contributed by atoms with E-state index >= 15 is 0 Å². The molecule has 142 valence electrons. The number of halogens is 2. The number of benzene rings is 1. The second-order valence-corrected chi connectivity index (χ2v) is 9.10. The van der Waals surface area contributed by atoms with Gasteiger partial charge in [-0.05, 0) is 80.8 Å². The van der Waals surface area contributed by atoms with Gasteiger partial charge in [0, 0.05) is 22.7 Å². The third-order valence-corrected chi connectivity index (χ3v) is 5.76. The van der Waals surface area contributed by atoms with Crippen LogP contribution in [0, 0.1) is 9.39 Å². The molecule has 2 aliphatic heterocycles. The summed E-state index contributed by atoms with van der Waals surface area (Å²) in [5.41, 5.74) is 0.860. The highest BCUT2D eigenvalue weighted by molar-refractivity contribution is 14.1. The number of fused-ring (bicyclic) bond motifs is 1. The van der Waals surface area contributed by atoms with E-state index in [4.69, 9.17) is 4.74 Å². The summed E-state index contributed by atoms with van der Waals surface area (Å²) in [6.07, 6.45) is 1.08. The van der Waals surface area contributed by atoms with Crippen molar-refractivity contribution in [3.8, 4) is 0 Å². The molecule has 1 aromatic carbocycles. The van der Waals surface area contributed by atoms with Crippen LogP contribution in [0.2, 0.25) is 0 Å². The molecule has 0 N–H and O–H groups in total. The maximum Gasteiger partial charge on any atom is 0.410 e. The van der Waals surface area contributed by atoms with Gasteiger partial charge in [0.25, 0.3) is 5.91 Å². The van der Waals surface area contributed by atoms with E-state index in [0.717, 1.165) is 5.56 Å². The van der Waals surface area contributed by atoms with Gasteiger partial charge in [-0.3, -0.25) is 4.79 Å². The minimum absolute atomic E-state index is 0.0346. The number of hydrogen-bond donors (Lipinski definition) is 0.